The molecule has 0 spiro atoms. The van der Waals surface area contributed by atoms with E-state index >= 15 is 0 Å². The first kappa shape index (κ1) is 11.7. The second kappa shape index (κ2) is 4.39. The minimum Gasteiger partial charge on any atom is -0.480 e. The molecule has 2 heterocycles. The maximum absolute atomic E-state index is 12.3. The lowest BCUT2D eigenvalue weighted by Gasteiger charge is -2.20. The molecule has 1 aliphatic heterocycles. The van der Waals surface area contributed by atoms with Crippen LogP contribution >= 0.6 is 11.3 Å². The third kappa shape index (κ3) is 1.82. The van der Waals surface area contributed by atoms with Gasteiger partial charge >= 0.3 is 5.97 Å². The van der Waals surface area contributed by atoms with E-state index in [0.717, 1.165) is 19.3 Å². The summed E-state index contributed by atoms with van der Waals surface area (Å²) in [5.74, 6) is -0.982. The van der Waals surface area contributed by atoms with Crippen LogP contribution < -0.4 is 0 Å². The van der Waals surface area contributed by atoms with Gasteiger partial charge in [-0.15, -0.1) is 11.3 Å². The van der Waals surface area contributed by atoms with Crippen molar-refractivity contribution in [3.8, 4) is 0 Å². The average molecular weight is 265 g/mol. The van der Waals surface area contributed by atoms with Crippen LogP contribution in [-0.2, 0) is 17.6 Å². The summed E-state index contributed by atoms with van der Waals surface area (Å²) in [5.41, 5.74) is 1.29. The number of thiophene rings is 1. The lowest BCUT2D eigenvalue weighted by molar-refractivity contribution is -0.141. The second-order valence-corrected chi connectivity index (χ2v) is 6.04. The van der Waals surface area contributed by atoms with Crippen LogP contribution in [0.3, 0.4) is 0 Å². The molecular formula is C13H15NO3S. The van der Waals surface area contributed by atoms with Crippen molar-refractivity contribution in [2.45, 2.75) is 38.1 Å². The van der Waals surface area contributed by atoms with Gasteiger partial charge in [0.1, 0.15) is 6.04 Å². The van der Waals surface area contributed by atoms with E-state index in [1.165, 1.54) is 21.8 Å². The second-order valence-electron chi connectivity index (χ2n) is 4.91. The van der Waals surface area contributed by atoms with E-state index in [1.54, 1.807) is 11.3 Å². The molecule has 2 aliphatic rings. The summed E-state index contributed by atoms with van der Waals surface area (Å²) in [6.07, 6.45) is 4.66. The Morgan fingerprint density at radius 3 is 2.89 bits per heavy atom. The monoisotopic (exact) mass is 265 g/mol. The summed E-state index contributed by atoms with van der Waals surface area (Å²) in [7, 11) is 0. The van der Waals surface area contributed by atoms with E-state index in [4.69, 9.17) is 5.11 Å². The van der Waals surface area contributed by atoms with Gasteiger partial charge in [0.15, 0.2) is 0 Å². The normalized spacial score (nSPS) is 22.2. The van der Waals surface area contributed by atoms with Gasteiger partial charge in [-0.05, 0) is 43.7 Å². The van der Waals surface area contributed by atoms with Crippen LogP contribution in [0.15, 0.2) is 6.07 Å². The van der Waals surface area contributed by atoms with Crippen molar-refractivity contribution in [3.63, 3.8) is 0 Å². The molecule has 1 aromatic rings. The number of aliphatic carboxylic acids is 1. The van der Waals surface area contributed by atoms with Crippen LogP contribution in [-0.4, -0.2) is 34.5 Å². The Kier molecular flexibility index (Phi) is 2.86. The zero-order valence-electron chi connectivity index (χ0n) is 10.0. The van der Waals surface area contributed by atoms with Gasteiger partial charge in [-0.2, -0.15) is 0 Å². The zero-order chi connectivity index (χ0) is 12.7. The van der Waals surface area contributed by atoms with E-state index in [1.807, 2.05) is 6.07 Å². The fraction of sp³-hybridized carbons (Fsp3) is 0.538. The highest BCUT2D eigenvalue weighted by Gasteiger charge is 2.35. The number of hydrogen-bond acceptors (Lipinski definition) is 3. The Morgan fingerprint density at radius 1 is 1.33 bits per heavy atom. The van der Waals surface area contributed by atoms with Crippen molar-refractivity contribution in [2.75, 3.05) is 6.54 Å². The number of aryl methyl sites for hydroxylation is 2. The average Bonchev–Trinajstić information content (AvgIpc) is 3.02. The smallest absolute Gasteiger partial charge is 0.326 e. The molecule has 0 bridgehead atoms. The number of carboxylic acid groups (broad SMARTS) is 1. The van der Waals surface area contributed by atoms with Gasteiger partial charge in [-0.1, -0.05) is 0 Å². The van der Waals surface area contributed by atoms with Crippen LogP contribution in [0.4, 0.5) is 0 Å². The van der Waals surface area contributed by atoms with Crippen LogP contribution in [0.25, 0.3) is 0 Å². The molecule has 1 fully saturated rings. The maximum atomic E-state index is 12.3. The number of nitrogens with zero attached hydrogens (tertiary/aromatic N) is 1. The number of amides is 1. The highest BCUT2D eigenvalue weighted by atomic mass is 32.1. The molecule has 1 aromatic heterocycles. The van der Waals surface area contributed by atoms with Gasteiger partial charge in [-0.3, -0.25) is 4.79 Å². The lowest BCUT2D eigenvalue weighted by Crippen LogP contribution is -2.40. The molecule has 0 unspecified atom stereocenters. The summed E-state index contributed by atoms with van der Waals surface area (Å²) in [6.45, 7) is 0.568. The fourth-order valence-corrected chi connectivity index (χ4v) is 4.05. The molecule has 1 saturated heterocycles. The van der Waals surface area contributed by atoms with Crippen LogP contribution in [0.2, 0.25) is 0 Å². The molecule has 3 rings (SSSR count). The summed E-state index contributed by atoms with van der Waals surface area (Å²) in [5, 5.41) is 9.11. The van der Waals surface area contributed by atoms with E-state index in [-0.39, 0.29) is 5.91 Å². The fourth-order valence-electron chi connectivity index (χ4n) is 2.84. The number of fused-ring (bicyclic) bond motifs is 1. The van der Waals surface area contributed by atoms with Gasteiger partial charge in [0, 0.05) is 11.4 Å². The van der Waals surface area contributed by atoms with Crippen molar-refractivity contribution in [2.24, 2.45) is 0 Å². The van der Waals surface area contributed by atoms with Crippen molar-refractivity contribution >= 4 is 23.2 Å². The topological polar surface area (TPSA) is 57.6 Å². The number of carbonyl (C=O) groups is 2. The minimum absolute atomic E-state index is 0.0979. The SMILES string of the molecule is O=C(O)[C@@H]1CCCN1C(=O)c1cc2c(s1)CCC2. The molecule has 1 aliphatic carbocycles. The molecule has 1 atom stereocenters. The number of carbonyl (C=O) groups excluding carboxylic acids is 1. The predicted molar refractivity (Wildman–Crippen MR) is 68.0 cm³/mol. The Balaban J connectivity index is 1.83. The van der Waals surface area contributed by atoms with E-state index in [2.05, 4.69) is 0 Å². The molecule has 1 amide bonds. The lowest BCUT2D eigenvalue weighted by atomic mass is 10.2. The number of likely N-dealkylation sites (tertiary alicyclic amines) is 1. The minimum atomic E-state index is -0.884. The van der Waals surface area contributed by atoms with Gasteiger partial charge in [0.25, 0.3) is 5.91 Å². The first-order chi connectivity index (χ1) is 8.66. The van der Waals surface area contributed by atoms with Gasteiger partial charge in [0.2, 0.25) is 0 Å². The van der Waals surface area contributed by atoms with E-state index < -0.39 is 12.0 Å². The first-order valence-electron chi connectivity index (χ1n) is 6.32. The Labute approximate surface area is 109 Å². The van der Waals surface area contributed by atoms with E-state index in [0.29, 0.717) is 17.8 Å². The molecular weight excluding hydrogens is 250 g/mol. The Hall–Kier alpha value is -1.36. The summed E-state index contributed by atoms with van der Waals surface area (Å²) < 4.78 is 0. The summed E-state index contributed by atoms with van der Waals surface area (Å²) in [6, 6.07) is 1.33. The quantitative estimate of drug-likeness (QED) is 0.889. The van der Waals surface area contributed by atoms with Crippen molar-refractivity contribution in [1.29, 1.82) is 0 Å². The number of hydrogen-bond donors (Lipinski definition) is 1. The molecule has 5 heteroatoms. The largest absolute Gasteiger partial charge is 0.480 e. The zero-order valence-corrected chi connectivity index (χ0v) is 10.8. The van der Waals surface area contributed by atoms with Crippen LogP contribution in [0, 0.1) is 0 Å². The highest BCUT2D eigenvalue weighted by Crippen LogP contribution is 2.32. The van der Waals surface area contributed by atoms with Crippen molar-refractivity contribution in [1.82, 2.24) is 4.90 Å². The Morgan fingerprint density at radius 2 is 2.17 bits per heavy atom. The third-order valence-corrected chi connectivity index (χ3v) is 4.98. The van der Waals surface area contributed by atoms with E-state index in [9.17, 15) is 9.59 Å². The van der Waals surface area contributed by atoms with Gasteiger partial charge in [-0.25, -0.2) is 4.79 Å². The van der Waals surface area contributed by atoms with Crippen LogP contribution in [0.5, 0.6) is 0 Å². The predicted octanol–water partition coefficient (Wildman–Crippen LogP) is 1.93. The standard InChI is InChI=1S/C13H15NO3S/c15-12(14-6-2-4-9(14)13(16)17)11-7-8-3-1-5-10(8)18-11/h7,9H,1-6H2,(H,16,17)/t9-/m0/s1. The first-order valence-corrected chi connectivity index (χ1v) is 7.14. The molecule has 0 aromatic carbocycles. The Bertz CT molecular complexity index is 487. The number of rotatable bonds is 2. The summed E-state index contributed by atoms with van der Waals surface area (Å²) in [4.78, 5) is 27.0. The molecule has 18 heavy (non-hydrogen) atoms. The molecule has 0 radical (unpaired) electrons. The van der Waals surface area contributed by atoms with Crippen molar-refractivity contribution < 1.29 is 14.7 Å². The molecule has 1 N–H and O–H groups in total. The van der Waals surface area contributed by atoms with Gasteiger partial charge in [0.05, 0.1) is 4.88 Å². The van der Waals surface area contributed by atoms with Crippen LogP contribution in [0.1, 0.15) is 39.4 Å². The maximum Gasteiger partial charge on any atom is 0.326 e. The molecule has 96 valence electrons. The van der Waals surface area contributed by atoms with Gasteiger partial charge < -0.3 is 10.0 Å². The molecule has 4 nitrogen and oxygen atoms in total. The molecule has 0 saturated carbocycles. The third-order valence-electron chi connectivity index (χ3n) is 3.76. The number of carboxylic acids is 1. The highest BCUT2D eigenvalue weighted by molar-refractivity contribution is 7.14. The van der Waals surface area contributed by atoms with Crippen molar-refractivity contribution in [3.05, 3.63) is 21.4 Å². The summed E-state index contributed by atoms with van der Waals surface area (Å²) >= 11 is 1.55.